The molecule has 1 amide bonds. The smallest absolute Gasteiger partial charge is 0.258 e. The van der Waals surface area contributed by atoms with Crippen molar-refractivity contribution in [2.75, 3.05) is 5.32 Å². The first kappa shape index (κ1) is 21.5. The first-order chi connectivity index (χ1) is 13.7. The SMILES string of the molecule is Cc1ccc(C)c(NC(=O)c2cc(S(=O)(=O)N[C@H]3CCCC[C@@H]3C)ccc2F)c1. The summed E-state index contributed by atoms with van der Waals surface area (Å²) < 4.78 is 42.7. The summed E-state index contributed by atoms with van der Waals surface area (Å²) in [6.45, 7) is 5.75. The highest BCUT2D eigenvalue weighted by atomic mass is 32.2. The van der Waals surface area contributed by atoms with E-state index in [1.165, 1.54) is 6.07 Å². The van der Waals surface area contributed by atoms with E-state index in [4.69, 9.17) is 0 Å². The molecular weight excluding hydrogens is 391 g/mol. The second kappa shape index (κ2) is 8.63. The minimum Gasteiger partial charge on any atom is -0.322 e. The zero-order chi connectivity index (χ0) is 21.2. The number of hydrogen-bond donors (Lipinski definition) is 2. The average molecular weight is 419 g/mol. The summed E-state index contributed by atoms with van der Waals surface area (Å²) in [5, 5.41) is 2.68. The molecule has 0 aromatic heterocycles. The third-order valence-corrected chi connectivity index (χ3v) is 7.04. The van der Waals surface area contributed by atoms with Gasteiger partial charge in [-0.3, -0.25) is 4.79 Å². The first-order valence-electron chi connectivity index (χ1n) is 9.88. The van der Waals surface area contributed by atoms with Crippen LogP contribution in [0.1, 0.15) is 54.1 Å². The lowest BCUT2D eigenvalue weighted by Crippen LogP contribution is -2.41. The van der Waals surface area contributed by atoms with Crippen molar-refractivity contribution in [1.82, 2.24) is 4.72 Å². The van der Waals surface area contributed by atoms with Crippen molar-refractivity contribution < 1.29 is 17.6 Å². The number of halogens is 1. The van der Waals surface area contributed by atoms with E-state index in [0.29, 0.717) is 5.69 Å². The highest BCUT2D eigenvalue weighted by Crippen LogP contribution is 2.26. The van der Waals surface area contributed by atoms with Crippen LogP contribution in [0, 0.1) is 25.6 Å². The Labute approximate surface area is 171 Å². The summed E-state index contributed by atoms with van der Waals surface area (Å²) in [4.78, 5) is 12.5. The largest absolute Gasteiger partial charge is 0.322 e. The number of nitrogens with one attached hydrogen (secondary N) is 2. The molecule has 1 aliphatic carbocycles. The Morgan fingerprint density at radius 3 is 2.52 bits per heavy atom. The van der Waals surface area contributed by atoms with E-state index in [2.05, 4.69) is 10.0 Å². The Morgan fingerprint density at radius 1 is 1.07 bits per heavy atom. The number of carbonyl (C=O) groups is 1. The number of rotatable bonds is 5. The van der Waals surface area contributed by atoms with Gasteiger partial charge in [0.2, 0.25) is 10.0 Å². The number of anilines is 1. The molecule has 1 aliphatic rings. The molecule has 0 radical (unpaired) electrons. The molecule has 156 valence electrons. The standard InChI is InChI=1S/C22H27FN2O3S/c1-14-8-9-16(3)21(12-14)24-22(26)18-13-17(10-11-19(18)23)29(27,28)25-20-7-5-4-6-15(20)2/h8-13,15,20,25H,4-7H2,1-3H3,(H,24,26)/t15-,20-/m0/s1. The maximum absolute atomic E-state index is 14.3. The van der Waals surface area contributed by atoms with Crippen LogP contribution in [-0.4, -0.2) is 20.4 Å². The van der Waals surface area contributed by atoms with Crippen LogP contribution in [0.3, 0.4) is 0 Å². The second-order valence-electron chi connectivity index (χ2n) is 7.90. The van der Waals surface area contributed by atoms with Crippen molar-refractivity contribution in [3.63, 3.8) is 0 Å². The van der Waals surface area contributed by atoms with Crippen molar-refractivity contribution in [3.05, 3.63) is 58.9 Å². The highest BCUT2D eigenvalue weighted by molar-refractivity contribution is 7.89. The predicted molar refractivity (Wildman–Crippen MR) is 112 cm³/mol. The minimum atomic E-state index is -3.85. The third-order valence-electron chi connectivity index (χ3n) is 5.55. The van der Waals surface area contributed by atoms with E-state index in [9.17, 15) is 17.6 Å². The Balaban J connectivity index is 1.85. The highest BCUT2D eigenvalue weighted by Gasteiger charge is 2.27. The maximum Gasteiger partial charge on any atom is 0.258 e. The quantitative estimate of drug-likeness (QED) is 0.748. The molecule has 2 N–H and O–H groups in total. The molecule has 5 nitrogen and oxygen atoms in total. The summed E-state index contributed by atoms with van der Waals surface area (Å²) in [6.07, 6.45) is 3.82. The monoisotopic (exact) mass is 418 g/mol. The average Bonchev–Trinajstić information content (AvgIpc) is 2.66. The molecule has 29 heavy (non-hydrogen) atoms. The molecule has 0 heterocycles. The Bertz CT molecular complexity index is 1020. The molecule has 2 aromatic rings. The fraction of sp³-hybridized carbons (Fsp3) is 0.409. The van der Waals surface area contributed by atoms with Crippen molar-refractivity contribution >= 4 is 21.6 Å². The molecule has 1 saturated carbocycles. The van der Waals surface area contributed by atoms with Gasteiger partial charge in [0, 0.05) is 11.7 Å². The molecule has 0 unspecified atom stereocenters. The molecule has 1 fully saturated rings. The molecular formula is C22H27FN2O3S. The van der Waals surface area contributed by atoms with E-state index in [1.54, 1.807) is 6.07 Å². The van der Waals surface area contributed by atoms with Crippen molar-refractivity contribution in [3.8, 4) is 0 Å². The van der Waals surface area contributed by atoms with E-state index < -0.39 is 21.7 Å². The van der Waals surface area contributed by atoms with Gasteiger partial charge >= 0.3 is 0 Å². The third kappa shape index (κ3) is 5.03. The van der Waals surface area contributed by atoms with Gasteiger partial charge in [-0.05, 0) is 68.0 Å². The fourth-order valence-electron chi connectivity index (χ4n) is 3.66. The van der Waals surface area contributed by atoms with Gasteiger partial charge < -0.3 is 5.32 Å². The van der Waals surface area contributed by atoms with E-state index in [0.717, 1.165) is 48.9 Å². The normalized spacial score (nSPS) is 19.7. The van der Waals surface area contributed by atoms with Crippen molar-refractivity contribution in [2.45, 2.75) is 57.4 Å². The molecule has 0 spiro atoms. The number of sulfonamides is 1. The van der Waals surface area contributed by atoms with Gasteiger partial charge in [0.1, 0.15) is 5.82 Å². The summed E-state index contributed by atoms with van der Waals surface area (Å²) in [6, 6.07) is 8.74. The molecule has 7 heteroatoms. The van der Waals surface area contributed by atoms with Crippen LogP contribution in [0.25, 0.3) is 0 Å². The van der Waals surface area contributed by atoms with Crippen LogP contribution in [0.5, 0.6) is 0 Å². The summed E-state index contributed by atoms with van der Waals surface area (Å²) in [7, 11) is -3.85. The predicted octanol–water partition coefficient (Wildman–Crippen LogP) is 4.55. The van der Waals surface area contributed by atoms with Crippen molar-refractivity contribution in [2.24, 2.45) is 5.92 Å². The second-order valence-corrected chi connectivity index (χ2v) is 9.62. The first-order valence-corrected chi connectivity index (χ1v) is 11.4. The van der Waals surface area contributed by atoms with Crippen LogP contribution in [0.4, 0.5) is 10.1 Å². The lowest BCUT2D eigenvalue weighted by atomic mass is 9.87. The van der Waals surface area contributed by atoms with Gasteiger partial charge in [0.05, 0.1) is 10.5 Å². The number of hydrogen-bond acceptors (Lipinski definition) is 3. The zero-order valence-electron chi connectivity index (χ0n) is 17.0. The fourth-order valence-corrected chi connectivity index (χ4v) is 5.07. The molecule has 0 aliphatic heterocycles. The van der Waals surface area contributed by atoms with Crippen LogP contribution in [-0.2, 0) is 10.0 Å². The Morgan fingerprint density at radius 2 is 1.79 bits per heavy atom. The number of amides is 1. The number of carbonyl (C=O) groups excluding carboxylic acids is 1. The van der Waals surface area contributed by atoms with Gasteiger partial charge in [0.25, 0.3) is 5.91 Å². The Hall–Kier alpha value is -2.25. The molecule has 2 aromatic carbocycles. The van der Waals surface area contributed by atoms with Gasteiger partial charge in [-0.1, -0.05) is 31.9 Å². The number of benzene rings is 2. The molecule has 0 saturated heterocycles. The maximum atomic E-state index is 14.3. The van der Waals surface area contributed by atoms with Gasteiger partial charge in [-0.2, -0.15) is 0 Å². The van der Waals surface area contributed by atoms with Crippen molar-refractivity contribution in [1.29, 1.82) is 0 Å². The summed E-state index contributed by atoms with van der Waals surface area (Å²) >= 11 is 0. The molecule has 3 rings (SSSR count). The lowest BCUT2D eigenvalue weighted by molar-refractivity contribution is 0.102. The van der Waals surface area contributed by atoms with Gasteiger partial charge in [0.15, 0.2) is 0 Å². The Kier molecular flexibility index (Phi) is 6.39. The van der Waals surface area contributed by atoms with E-state index >= 15 is 0 Å². The minimum absolute atomic E-state index is 0.109. The zero-order valence-corrected chi connectivity index (χ0v) is 17.8. The number of aryl methyl sites for hydroxylation is 2. The van der Waals surface area contributed by atoms with E-state index in [-0.39, 0.29) is 22.4 Å². The van der Waals surface area contributed by atoms with Crippen LogP contribution < -0.4 is 10.0 Å². The molecule has 2 atom stereocenters. The topological polar surface area (TPSA) is 75.3 Å². The summed E-state index contributed by atoms with van der Waals surface area (Å²) in [5.74, 6) is -1.21. The van der Waals surface area contributed by atoms with E-state index in [1.807, 2.05) is 32.9 Å². The van der Waals surface area contributed by atoms with Gasteiger partial charge in [-0.15, -0.1) is 0 Å². The van der Waals surface area contributed by atoms with Crippen LogP contribution in [0.15, 0.2) is 41.3 Å². The van der Waals surface area contributed by atoms with Crippen LogP contribution in [0.2, 0.25) is 0 Å². The molecule has 0 bridgehead atoms. The van der Waals surface area contributed by atoms with Crippen LogP contribution >= 0.6 is 0 Å². The summed E-state index contributed by atoms with van der Waals surface area (Å²) in [5.41, 5.74) is 2.05. The lowest BCUT2D eigenvalue weighted by Gasteiger charge is -2.29. The van der Waals surface area contributed by atoms with Gasteiger partial charge in [-0.25, -0.2) is 17.5 Å².